The Hall–Kier alpha value is -0.630. The SMILES string of the molecule is CCN(CC1(CS)CC1)c1ccccc1. The Bertz CT molecular complexity index is 306. The molecule has 1 fully saturated rings. The highest BCUT2D eigenvalue weighted by Crippen LogP contribution is 2.47. The molecule has 0 spiro atoms. The summed E-state index contributed by atoms with van der Waals surface area (Å²) < 4.78 is 0. The van der Waals surface area contributed by atoms with Crippen LogP contribution in [0.4, 0.5) is 5.69 Å². The fourth-order valence-electron chi connectivity index (χ4n) is 1.97. The average molecular weight is 221 g/mol. The van der Waals surface area contributed by atoms with Crippen LogP contribution in [-0.4, -0.2) is 18.8 Å². The molecule has 0 aromatic heterocycles. The van der Waals surface area contributed by atoms with Crippen molar-refractivity contribution >= 4 is 18.3 Å². The lowest BCUT2D eigenvalue weighted by Crippen LogP contribution is -2.31. The molecule has 0 aliphatic heterocycles. The molecule has 82 valence electrons. The normalized spacial score (nSPS) is 17.5. The first kappa shape index (κ1) is 10.9. The lowest BCUT2D eigenvalue weighted by molar-refractivity contribution is 0.566. The standard InChI is InChI=1S/C13H19NS/c1-2-14(10-13(11-15)8-9-13)12-6-4-3-5-7-12/h3-7,15H,2,8-11H2,1H3. The first-order valence-corrected chi connectivity index (χ1v) is 6.34. The fourth-order valence-corrected chi connectivity index (χ4v) is 2.39. The molecule has 1 aliphatic rings. The number of hydrogen-bond donors (Lipinski definition) is 1. The van der Waals surface area contributed by atoms with E-state index in [1.807, 2.05) is 0 Å². The van der Waals surface area contributed by atoms with Crippen LogP contribution in [0.1, 0.15) is 19.8 Å². The molecule has 0 unspecified atom stereocenters. The maximum Gasteiger partial charge on any atom is 0.0366 e. The Morgan fingerprint density at radius 1 is 1.27 bits per heavy atom. The molecule has 1 aromatic rings. The molecule has 0 radical (unpaired) electrons. The van der Waals surface area contributed by atoms with Crippen LogP contribution in [0.3, 0.4) is 0 Å². The summed E-state index contributed by atoms with van der Waals surface area (Å²) in [5.41, 5.74) is 1.85. The summed E-state index contributed by atoms with van der Waals surface area (Å²) in [4.78, 5) is 2.46. The number of nitrogens with zero attached hydrogens (tertiary/aromatic N) is 1. The molecule has 1 aliphatic carbocycles. The number of thiol groups is 1. The van der Waals surface area contributed by atoms with Crippen LogP contribution >= 0.6 is 12.6 Å². The highest BCUT2D eigenvalue weighted by molar-refractivity contribution is 7.80. The van der Waals surface area contributed by atoms with E-state index >= 15 is 0 Å². The maximum absolute atomic E-state index is 4.46. The van der Waals surface area contributed by atoms with E-state index in [2.05, 4.69) is 54.8 Å². The van der Waals surface area contributed by atoms with Gasteiger partial charge >= 0.3 is 0 Å². The Morgan fingerprint density at radius 2 is 1.93 bits per heavy atom. The molecule has 0 N–H and O–H groups in total. The van der Waals surface area contributed by atoms with Crippen LogP contribution in [0.15, 0.2) is 30.3 Å². The number of para-hydroxylation sites is 1. The van der Waals surface area contributed by atoms with E-state index in [0.29, 0.717) is 5.41 Å². The molecule has 0 heterocycles. The van der Waals surface area contributed by atoms with Crippen molar-refractivity contribution in [2.24, 2.45) is 5.41 Å². The van der Waals surface area contributed by atoms with Crippen molar-refractivity contribution in [2.45, 2.75) is 19.8 Å². The first-order valence-electron chi connectivity index (χ1n) is 5.70. The summed E-state index contributed by atoms with van der Waals surface area (Å²) in [7, 11) is 0. The third-order valence-corrected chi connectivity index (χ3v) is 3.99. The molecule has 0 amide bonds. The van der Waals surface area contributed by atoms with Crippen molar-refractivity contribution in [3.8, 4) is 0 Å². The summed E-state index contributed by atoms with van der Waals surface area (Å²) >= 11 is 4.46. The molecule has 2 heteroatoms. The smallest absolute Gasteiger partial charge is 0.0366 e. The molecule has 2 rings (SSSR count). The molecule has 1 saturated carbocycles. The highest BCUT2D eigenvalue weighted by atomic mass is 32.1. The molecule has 0 bridgehead atoms. The van der Waals surface area contributed by atoms with Gasteiger partial charge in [-0.1, -0.05) is 18.2 Å². The number of hydrogen-bond acceptors (Lipinski definition) is 2. The van der Waals surface area contributed by atoms with Gasteiger partial charge in [0.1, 0.15) is 0 Å². The second-order valence-corrected chi connectivity index (χ2v) is 4.82. The molecule has 15 heavy (non-hydrogen) atoms. The van der Waals surface area contributed by atoms with Crippen LogP contribution in [0.5, 0.6) is 0 Å². The van der Waals surface area contributed by atoms with Crippen molar-refractivity contribution in [1.82, 2.24) is 0 Å². The third kappa shape index (κ3) is 2.49. The van der Waals surface area contributed by atoms with Crippen LogP contribution in [-0.2, 0) is 0 Å². The van der Waals surface area contributed by atoms with E-state index < -0.39 is 0 Å². The van der Waals surface area contributed by atoms with E-state index in [0.717, 1.165) is 18.8 Å². The van der Waals surface area contributed by atoms with E-state index in [9.17, 15) is 0 Å². The zero-order valence-corrected chi connectivity index (χ0v) is 10.2. The zero-order valence-electron chi connectivity index (χ0n) is 9.32. The van der Waals surface area contributed by atoms with Gasteiger partial charge in [-0.05, 0) is 43.1 Å². The van der Waals surface area contributed by atoms with E-state index in [1.165, 1.54) is 18.5 Å². The van der Waals surface area contributed by atoms with Gasteiger partial charge < -0.3 is 4.90 Å². The molecule has 0 saturated heterocycles. The number of anilines is 1. The van der Waals surface area contributed by atoms with E-state index in [4.69, 9.17) is 0 Å². The lowest BCUT2D eigenvalue weighted by Gasteiger charge is -2.27. The first-order chi connectivity index (χ1) is 7.29. The van der Waals surface area contributed by atoms with Crippen molar-refractivity contribution in [1.29, 1.82) is 0 Å². The highest BCUT2D eigenvalue weighted by Gasteiger charge is 2.42. The average Bonchev–Trinajstić information content (AvgIpc) is 3.08. The molecular weight excluding hydrogens is 202 g/mol. The summed E-state index contributed by atoms with van der Waals surface area (Å²) in [5, 5.41) is 0. The summed E-state index contributed by atoms with van der Waals surface area (Å²) in [6.07, 6.45) is 2.69. The maximum atomic E-state index is 4.46. The van der Waals surface area contributed by atoms with Gasteiger partial charge in [-0.3, -0.25) is 0 Å². The van der Waals surface area contributed by atoms with Crippen molar-refractivity contribution in [2.75, 3.05) is 23.7 Å². The lowest BCUT2D eigenvalue weighted by atomic mass is 10.1. The molecular formula is C13H19NS. The van der Waals surface area contributed by atoms with Crippen molar-refractivity contribution in [3.05, 3.63) is 30.3 Å². The minimum Gasteiger partial charge on any atom is -0.371 e. The zero-order chi connectivity index (χ0) is 10.7. The molecule has 1 aromatic carbocycles. The van der Waals surface area contributed by atoms with E-state index in [1.54, 1.807) is 0 Å². The summed E-state index contributed by atoms with van der Waals surface area (Å²) in [6, 6.07) is 10.7. The van der Waals surface area contributed by atoms with Gasteiger partial charge in [0.25, 0.3) is 0 Å². The summed E-state index contributed by atoms with van der Waals surface area (Å²) in [6.45, 7) is 4.47. The van der Waals surface area contributed by atoms with Gasteiger partial charge in [0.05, 0.1) is 0 Å². The van der Waals surface area contributed by atoms with Crippen LogP contribution in [0.2, 0.25) is 0 Å². The van der Waals surface area contributed by atoms with Crippen LogP contribution < -0.4 is 4.90 Å². The van der Waals surface area contributed by atoms with Crippen LogP contribution in [0, 0.1) is 5.41 Å². The topological polar surface area (TPSA) is 3.24 Å². The third-order valence-electron chi connectivity index (χ3n) is 3.32. The van der Waals surface area contributed by atoms with Gasteiger partial charge in [0.2, 0.25) is 0 Å². The van der Waals surface area contributed by atoms with Crippen molar-refractivity contribution < 1.29 is 0 Å². The Balaban J connectivity index is 2.05. The number of benzene rings is 1. The minimum absolute atomic E-state index is 0.509. The van der Waals surface area contributed by atoms with Gasteiger partial charge in [-0.25, -0.2) is 0 Å². The van der Waals surface area contributed by atoms with Crippen molar-refractivity contribution in [3.63, 3.8) is 0 Å². The predicted molar refractivity (Wildman–Crippen MR) is 69.8 cm³/mol. The largest absolute Gasteiger partial charge is 0.371 e. The predicted octanol–water partition coefficient (Wildman–Crippen LogP) is 3.22. The Morgan fingerprint density at radius 3 is 2.40 bits per heavy atom. The quantitative estimate of drug-likeness (QED) is 0.747. The monoisotopic (exact) mass is 221 g/mol. The summed E-state index contributed by atoms with van der Waals surface area (Å²) in [5.74, 6) is 1.02. The Labute approximate surface area is 97.9 Å². The number of rotatable bonds is 5. The van der Waals surface area contributed by atoms with Gasteiger partial charge in [0.15, 0.2) is 0 Å². The van der Waals surface area contributed by atoms with Gasteiger partial charge in [-0.15, -0.1) is 0 Å². The van der Waals surface area contributed by atoms with Gasteiger partial charge in [0, 0.05) is 18.8 Å². The fraction of sp³-hybridized carbons (Fsp3) is 0.538. The second kappa shape index (κ2) is 4.48. The van der Waals surface area contributed by atoms with E-state index in [-0.39, 0.29) is 0 Å². The minimum atomic E-state index is 0.509. The van der Waals surface area contributed by atoms with Crippen LogP contribution in [0.25, 0.3) is 0 Å². The second-order valence-electron chi connectivity index (χ2n) is 4.51. The molecule has 0 atom stereocenters. The Kier molecular flexibility index (Phi) is 3.25. The van der Waals surface area contributed by atoms with Gasteiger partial charge in [-0.2, -0.15) is 12.6 Å². The molecule has 1 nitrogen and oxygen atoms in total.